The molecular weight excluding hydrogens is 122 g/mol. The van der Waals surface area contributed by atoms with Crippen LogP contribution >= 0.6 is 0 Å². The van der Waals surface area contributed by atoms with Crippen molar-refractivity contribution in [3.05, 3.63) is 0 Å². The van der Waals surface area contributed by atoms with Crippen LogP contribution in [-0.2, 0) is 9.53 Å². The average molecular weight is 129 g/mol. The molecule has 0 aromatic heterocycles. The van der Waals surface area contributed by atoms with Crippen molar-refractivity contribution < 1.29 is 14.3 Å². The summed E-state index contributed by atoms with van der Waals surface area (Å²) >= 11 is 0. The molecule has 50 valence electrons. The summed E-state index contributed by atoms with van der Waals surface area (Å²) in [5.74, 6) is -0.470. The van der Waals surface area contributed by atoms with Crippen LogP contribution in [-0.4, -0.2) is 18.1 Å². The summed E-state index contributed by atoms with van der Waals surface area (Å²) in [5.41, 5.74) is 0. The minimum Gasteiger partial charge on any atom is -0.375 e. The first-order chi connectivity index (χ1) is 4.24. The van der Waals surface area contributed by atoms with Gasteiger partial charge in [-0.3, -0.25) is 0 Å². The van der Waals surface area contributed by atoms with Crippen LogP contribution < -0.4 is 5.32 Å². The van der Waals surface area contributed by atoms with Crippen molar-refractivity contribution in [2.24, 2.45) is 0 Å². The second-order valence-corrected chi connectivity index (χ2v) is 1.81. The minimum absolute atomic E-state index is 0.419. The summed E-state index contributed by atoms with van der Waals surface area (Å²) in [5, 5.41) is 2.34. The van der Waals surface area contributed by atoms with E-state index in [2.05, 4.69) is 10.1 Å². The smallest absolute Gasteiger partial charge is 0.375 e. The Morgan fingerprint density at radius 1 is 1.67 bits per heavy atom. The van der Waals surface area contributed by atoms with E-state index in [0.717, 1.165) is 0 Å². The Kier molecular flexibility index (Phi) is 1.38. The van der Waals surface area contributed by atoms with Crippen LogP contribution in [0, 0.1) is 0 Å². The van der Waals surface area contributed by atoms with Gasteiger partial charge in [-0.05, 0) is 6.42 Å². The lowest BCUT2D eigenvalue weighted by molar-refractivity contribution is -0.135. The Morgan fingerprint density at radius 3 is 2.56 bits per heavy atom. The monoisotopic (exact) mass is 129 g/mol. The fourth-order valence-corrected chi connectivity index (χ4v) is 0.662. The van der Waals surface area contributed by atoms with E-state index >= 15 is 0 Å². The number of alkyl carbamates (subject to hydrolysis) is 1. The zero-order chi connectivity index (χ0) is 6.85. The lowest BCUT2D eigenvalue weighted by atomic mass is 10.2. The molecule has 0 unspecified atom stereocenters. The van der Waals surface area contributed by atoms with Crippen LogP contribution in [0.1, 0.15) is 13.3 Å². The summed E-state index contributed by atoms with van der Waals surface area (Å²) < 4.78 is 4.18. The molecule has 1 saturated heterocycles. The first kappa shape index (κ1) is 6.07. The number of hydrogen-bond donors (Lipinski definition) is 1. The maximum absolute atomic E-state index is 10.5. The second-order valence-electron chi connectivity index (χ2n) is 1.81. The first-order valence-electron chi connectivity index (χ1n) is 2.76. The van der Waals surface area contributed by atoms with Gasteiger partial charge < -0.3 is 10.1 Å². The van der Waals surface area contributed by atoms with E-state index in [4.69, 9.17) is 0 Å². The summed E-state index contributed by atoms with van der Waals surface area (Å²) in [6, 6.07) is -0.419. The maximum Gasteiger partial charge on any atom is 0.415 e. The minimum atomic E-state index is -0.633. The van der Waals surface area contributed by atoms with Crippen LogP contribution in [0.25, 0.3) is 0 Å². The lowest BCUT2D eigenvalue weighted by Crippen LogP contribution is -2.27. The summed E-state index contributed by atoms with van der Waals surface area (Å²) in [6.07, 6.45) is -0.0447. The molecule has 4 heteroatoms. The lowest BCUT2D eigenvalue weighted by Gasteiger charge is -1.96. The number of hydrogen-bond acceptors (Lipinski definition) is 3. The Bertz CT molecular complexity index is 154. The average Bonchev–Trinajstić information content (AvgIpc) is 2.10. The highest BCUT2D eigenvalue weighted by Gasteiger charge is 2.30. The van der Waals surface area contributed by atoms with Gasteiger partial charge in [-0.15, -0.1) is 0 Å². The van der Waals surface area contributed by atoms with Crippen LogP contribution in [0.4, 0.5) is 4.79 Å². The number of esters is 1. The van der Waals surface area contributed by atoms with Gasteiger partial charge in [0.15, 0.2) is 0 Å². The summed E-state index contributed by atoms with van der Waals surface area (Å²) in [6.45, 7) is 1.80. The molecule has 4 nitrogen and oxygen atoms in total. The topological polar surface area (TPSA) is 55.4 Å². The molecule has 0 saturated carbocycles. The fourth-order valence-electron chi connectivity index (χ4n) is 0.662. The number of ether oxygens (including phenoxy) is 1. The number of cyclic esters (lactones) is 2. The van der Waals surface area contributed by atoms with Gasteiger partial charge in [-0.1, -0.05) is 6.92 Å². The Hall–Kier alpha value is -1.06. The number of carbonyl (C=O) groups excluding carboxylic acids is 2. The van der Waals surface area contributed by atoms with Crippen LogP contribution in [0.2, 0.25) is 0 Å². The van der Waals surface area contributed by atoms with E-state index in [1.54, 1.807) is 6.92 Å². The SMILES string of the molecule is CC[C@H]1NC(=O)OC1=O. The van der Waals surface area contributed by atoms with Crippen molar-refractivity contribution in [2.75, 3.05) is 0 Å². The highest BCUT2D eigenvalue weighted by molar-refractivity contribution is 5.95. The third kappa shape index (κ3) is 1.01. The molecule has 0 spiro atoms. The Balaban J connectivity index is 2.58. The predicted octanol–water partition coefficient (Wildman–Crippen LogP) is 0.0314. The van der Waals surface area contributed by atoms with Crippen LogP contribution in [0.3, 0.4) is 0 Å². The van der Waals surface area contributed by atoms with Crippen molar-refractivity contribution in [3.8, 4) is 0 Å². The van der Waals surface area contributed by atoms with Crippen molar-refractivity contribution in [1.29, 1.82) is 0 Å². The Labute approximate surface area is 52.2 Å². The van der Waals surface area contributed by atoms with Crippen molar-refractivity contribution in [1.82, 2.24) is 5.32 Å². The Morgan fingerprint density at radius 2 is 2.33 bits per heavy atom. The van der Waals surface area contributed by atoms with Crippen molar-refractivity contribution >= 4 is 12.1 Å². The predicted molar refractivity (Wildman–Crippen MR) is 28.7 cm³/mol. The zero-order valence-corrected chi connectivity index (χ0v) is 5.01. The number of nitrogens with one attached hydrogen (secondary N) is 1. The van der Waals surface area contributed by atoms with E-state index in [1.165, 1.54) is 0 Å². The van der Waals surface area contributed by atoms with E-state index in [1.807, 2.05) is 0 Å². The second kappa shape index (κ2) is 2.05. The van der Waals surface area contributed by atoms with Gasteiger partial charge in [0.2, 0.25) is 0 Å². The molecule has 1 amide bonds. The highest BCUT2D eigenvalue weighted by Crippen LogP contribution is 2.02. The van der Waals surface area contributed by atoms with Crippen molar-refractivity contribution in [3.63, 3.8) is 0 Å². The third-order valence-electron chi connectivity index (χ3n) is 1.18. The van der Waals surface area contributed by atoms with Gasteiger partial charge in [-0.25, -0.2) is 9.59 Å². The molecule has 0 aromatic carbocycles. The summed E-state index contributed by atoms with van der Waals surface area (Å²) in [4.78, 5) is 20.8. The molecule has 1 fully saturated rings. The van der Waals surface area contributed by atoms with E-state index < -0.39 is 18.1 Å². The van der Waals surface area contributed by atoms with E-state index in [0.29, 0.717) is 6.42 Å². The standard InChI is InChI=1S/C5H7NO3/c1-2-3-4(7)9-5(8)6-3/h3H,2H2,1H3,(H,6,8)/t3-/m1/s1. The van der Waals surface area contributed by atoms with Crippen molar-refractivity contribution in [2.45, 2.75) is 19.4 Å². The number of amides is 1. The molecule has 0 bridgehead atoms. The van der Waals surface area contributed by atoms with E-state index in [9.17, 15) is 9.59 Å². The molecule has 1 rings (SSSR count). The fraction of sp³-hybridized carbons (Fsp3) is 0.600. The molecule has 1 atom stereocenters. The quantitative estimate of drug-likeness (QED) is 0.401. The van der Waals surface area contributed by atoms with Gasteiger partial charge in [0.1, 0.15) is 6.04 Å². The molecule has 1 N–H and O–H groups in total. The molecule has 1 aliphatic rings. The molecule has 9 heavy (non-hydrogen) atoms. The first-order valence-corrected chi connectivity index (χ1v) is 2.76. The molecule has 0 radical (unpaired) electrons. The van der Waals surface area contributed by atoms with Gasteiger partial charge in [0.05, 0.1) is 0 Å². The van der Waals surface area contributed by atoms with Gasteiger partial charge in [-0.2, -0.15) is 0 Å². The van der Waals surface area contributed by atoms with E-state index in [-0.39, 0.29) is 0 Å². The number of carbonyl (C=O) groups is 2. The normalized spacial score (nSPS) is 25.7. The van der Waals surface area contributed by atoms with Crippen LogP contribution in [0.15, 0.2) is 0 Å². The third-order valence-corrected chi connectivity index (χ3v) is 1.18. The van der Waals surface area contributed by atoms with Gasteiger partial charge in [0.25, 0.3) is 0 Å². The summed E-state index contributed by atoms with van der Waals surface area (Å²) in [7, 11) is 0. The maximum atomic E-state index is 10.5. The number of rotatable bonds is 1. The molecule has 0 aromatic rings. The zero-order valence-electron chi connectivity index (χ0n) is 5.01. The van der Waals surface area contributed by atoms with Gasteiger partial charge in [0, 0.05) is 0 Å². The highest BCUT2D eigenvalue weighted by atomic mass is 16.6. The molecule has 0 aliphatic carbocycles. The molecule has 1 heterocycles. The van der Waals surface area contributed by atoms with Crippen LogP contribution in [0.5, 0.6) is 0 Å². The molecular formula is C5H7NO3. The molecule has 1 aliphatic heterocycles. The largest absolute Gasteiger partial charge is 0.415 e. The van der Waals surface area contributed by atoms with Gasteiger partial charge >= 0.3 is 12.1 Å².